The molecule has 1 aliphatic heterocycles. The number of thioether (sulfide) groups is 2. The van der Waals surface area contributed by atoms with Gasteiger partial charge in [-0.1, -0.05) is 13.8 Å². The van der Waals surface area contributed by atoms with Gasteiger partial charge in [-0.05, 0) is 0 Å². The Bertz CT molecular complexity index is 260. The molecule has 0 aromatic heterocycles. The molecule has 0 aromatic carbocycles. The molecule has 0 bridgehead atoms. The first-order valence-corrected chi connectivity index (χ1v) is 8.41. The molecule has 0 spiro atoms. The second kappa shape index (κ2) is 7.02. The molecule has 3 nitrogen and oxygen atoms in total. The summed E-state index contributed by atoms with van der Waals surface area (Å²) in [5.41, 5.74) is 11.9. The molecular weight excluding hydrogens is 250 g/mol. The van der Waals surface area contributed by atoms with E-state index in [1.165, 1.54) is 11.5 Å². The molecule has 1 aliphatic rings. The highest BCUT2D eigenvalue weighted by Gasteiger charge is 2.25. The summed E-state index contributed by atoms with van der Waals surface area (Å²) in [6, 6.07) is 0. The Morgan fingerprint density at radius 3 is 2.35 bits per heavy atom. The van der Waals surface area contributed by atoms with E-state index in [9.17, 15) is 0 Å². The molecule has 0 saturated carbocycles. The summed E-state index contributed by atoms with van der Waals surface area (Å²) < 4.78 is 0. The molecule has 2 atom stereocenters. The zero-order chi connectivity index (χ0) is 12.8. The maximum Gasteiger partial charge on any atom is 0.0459 e. The Morgan fingerprint density at radius 2 is 1.76 bits per heavy atom. The van der Waals surface area contributed by atoms with Gasteiger partial charge in [0.1, 0.15) is 0 Å². The molecule has 0 aromatic rings. The van der Waals surface area contributed by atoms with Crippen LogP contribution in [0.5, 0.6) is 0 Å². The van der Waals surface area contributed by atoms with Gasteiger partial charge >= 0.3 is 0 Å². The second-order valence-electron chi connectivity index (χ2n) is 5.45. The first kappa shape index (κ1) is 15.3. The van der Waals surface area contributed by atoms with Gasteiger partial charge in [0.25, 0.3) is 0 Å². The quantitative estimate of drug-likeness (QED) is 0.801. The van der Waals surface area contributed by atoms with E-state index < -0.39 is 0 Å². The van der Waals surface area contributed by atoms with Crippen LogP contribution in [0.4, 0.5) is 0 Å². The van der Waals surface area contributed by atoms with Crippen LogP contribution in [-0.4, -0.2) is 48.9 Å². The lowest BCUT2D eigenvalue weighted by atomic mass is 9.92. The normalized spacial score (nSPS) is 36.5. The molecule has 1 heterocycles. The Kier molecular flexibility index (Phi) is 6.34. The predicted molar refractivity (Wildman–Crippen MR) is 82.3 cm³/mol. The zero-order valence-corrected chi connectivity index (χ0v) is 12.6. The van der Waals surface area contributed by atoms with E-state index in [0.29, 0.717) is 13.1 Å². The summed E-state index contributed by atoms with van der Waals surface area (Å²) in [5.74, 6) is 4.54. The van der Waals surface area contributed by atoms with Crippen molar-refractivity contribution < 1.29 is 0 Å². The first-order chi connectivity index (χ1) is 8.04. The van der Waals surface area contributed by atoms with Crippen molar-refractivity contribution in [2.45, 2.75) is 13.8 Å². The smallest absolute Gasteiger partial charge is 0.0459 e. The van der Waals surface area contributed by atoms with Crippen molar-refractivity contribution >= 4 is 29.7 Å². The van der Waals surface area contributed by atoms with Crippen LogP contribution in [0, 0.1) is 10.8 Å². The van der Waals surface area contributed by atoms with Gasteiger partial charge in [-0.15, -0.1) is 0 Å². The average Bonchev–Trinajstić information content (AvgIpc) is 2.36. The third-order valence-corrected chi connectivity index (χ3v) is 6.10. The van der Waals surface area contributed by atoms with Crippen LogP contribution < -0.4 is 11.5 Å². The summed E-state index contributed by atoms with van der Waals surface area (Å²) in [6.07, 6.45) is 2.06. The van der Waals surface area contributed by atoms with Crippen LogP contribution in [0.1, 0.15) is 13.8 Å². The van der Waals surface area contributed by atoms with Gasteiger partial charge in [-0.25, -0.2) is 0 Å². The van der Waals surface area contributed by atoms with Crippen LogP contribution >= 0.6 is 23.5 Å². The van der Waals surface area contributed by atoms with Crippen LogP contribution in [0.3, 0.4) is 0 Å². The fraction of sp³-hybridized carbons (Fsp3) is 0.917. The second-order valence-corrected chi connectivity index (χ2v) is 7.66. The monoisotopic (exact) mass is 275 g/mol. The third-order valence-electron chi connectivity index (χ3n) is 3.09. The lowest BCUT2D eigenvalue weighted by Crippen LogP contribution is -2.34. The number of hydrogen-bond donors (Lipinski definition) is 2. The highest BCUT2D eigenvalue weighted by Crippen LogP contribution is 2.26. The van der Waals surface area contributed by atoms with Gasteiger partial charge in [0.15, 0.2) is 0 Å². The van der Waals surface area contributed by atoms with Gasteiger partial charge < -0.3 is 11.5 Å². The highest BCUT2D eigenvalue weighted by molar-refractivity contribution is 8.02. The molecule has 100 valence electrons. The van der Waals surface area contributed by atoms with E-state index >= 15 is 0 Å². The van der Waals surface area contributed by atoms with Crippen molar-refractivity contribution in [2.75, 3.05) is 42.6 Å². The van der Waals surface area contributed by atoms with Crippen molar-refractivity contribution in [2.24, 2.45) is 27.3 Å². The maximum atomic E-state index is 5.87. The molecule has 1 rings (SSSR count). The summed E-state index contributed by atoms with van der Waals surface area (Å²) >= 11 is 3.97. The van der Waals surface area contributed by atoms with E-state index in [1.54, 1.807) is 0 Å². The molecule has 0 fully saturated rings. The number of rotatable bonds is 2. The molecular formula is C12H25N3S2. The Balaban J connectivity index is 2.71. The number of nitrogens with two attached hydrogens (primary N) is 2. The average molecular weight is 275 g/mol. The van der Waals surface area contributed by atoms with Gasteiger partial charge in [0, 0.05) is 59.7 Å². The van der Waals surface area contributed by atoms with E-state index in [-0.39, 0.29) is 10.8 Å². The van der Waals surface area contributed by atoms with Crippen molar-refractivity contribution in [3.63, 3.8) is 0 Å². The SMILES string of the molecule is CC1(CN)C=NCC(C)(CN)CSCCSC1. The fourth-order valence-corrected chi connectivity index (χ4v) is 4.14. The molecule has 0 radical (unpaired) electrons. The molecule has 2 unspecified atom stereocenters. The van der Waals surface area contributed by atoms with Crippen LogP contribution in [0.25, 0.3) is 0 Å². The van der Waals surface area contributed by atoms with E-state index in [1.807, 2.05) is 23.5 Å². The van der Waals surface area contributed by atoms with Crippen LogP contribution in [-0.2, 0) is 0 Å². The summed E-state index contributed by atoms with van der Waals surface area (Å²) in [4.78, 5) is 4.61. The van der Waals surface area contributed by atoms with Crippen molar-refractivity contribution in [3.05, 3.63) is 0 Å². The van der Waals surface area contributed by atoms with E-state index in [2.05, 4.69) is 25.1 Å². The fourth-order valence-electron chi connectivity index (χ4n) is 1.55. The van der Waals surface area contributed by atoms with Gasteiger partial charge in [0.2, 0.25) is 0 Å². The lowest BCUT2D eigenvalue weighted by molar-refractivity contribution is 0.402. The Morgan fingerprint density at radius 1 is 1.12 bits per heavy atom. The van der Waals surface area contributed by atoms with E-state index in [0.717, 1.165) is 18.1 Å². The van der Waals surface area contributed by atoms with E-state index in [4.69, 9.17) is 11.5 Å². The maximum absolute atomic E-state index is 5.87. The van der Waals surface area contributed by atoms with Gasteiger partial charge in [-0.2, -0.15) is 23.5 Å². The molecule has 4 N–H and O–H groups in total. The van der Waals surface area contributed by atoms with Crippen molar-refractivity contribution in [1.29, 1.82) is 0 Å². The molecule has 5 heteroatoms. The minimum absolute atomic E-state index is 0.0369. The van der Waals surface area contributed by atoms with Gasteiger partial charge in [0.05, 0.1) is 0 Å². The van der Waals surface area contributed by atoms with Gasteiger partial charge in [-0.3, -0.25) is 4.99 Å². The summed E-state index contributed by atoms with van der Waals surface area (Å²) in [7, 11) is 0. The number of aliphatic imine (C=N–C) groups is 1. The lowest BCUT2D eigenvalue weighted by Gasteiger charge is -2.26. The minimum atomic E-state index is 0.0369. The zero-order valence-electron chi connectivity index (χ0n) is 10.9. The van der Waals surface area contributed by atoms with Crippen LogP contribution in [0.15, 0.2) is 4.99 Å². The molecule has 0 amide bonds. The predicted octanol–water partition coefficient (Wildman–Crippen LogP) is 1.47. The first-order valence-electron chi connectivity index (χ1n) is 6.10. The minimum Gasteiger partial charge on any atom is -0.330 e. The molecule has 17 heavy (non-hydrogen) atoms. The molecule has 0 saturated heterocycles. The topological polar surface area (TPSA) is 64.4 Å². The molecule has 0 aliphatic carbocycles. The summed E-state index contributed by atoms with van der Waals surface area (Å²) in [6.45, 7) is 6.59. The summed E-state index contributed by atoms with van der Waals surface area (Å²) in [5, 5.41) is 0. The number of hydrogen-bond acceptors (Lipinski definition) is 5. The number of nitrogens with zero attached hydrogens (tertiary/aromatic N) is 1. The standard InChI is InChI=1S/C12H25N3S2/c1-11(5-13)7-15-8-12(2,6-14)10-17-4-3-16-9-11/h7H,3-6,8-10,13-14H2,1-2H3. The Labute approximate surface area is 114 Å². The highest BCUT2D eigenvalue weighted by atomic mass is 32.2. The van der Waals surface area contributed by atoms with Crippen molar-refractivity contribution in [3.8, 4) is 0 Å². The largest absolute Gasteiger partial charge is 0.330 e. The third kappa shape index (κ3) is 5.20. The Hall–Kier alpha value is 0.290. The van der Waals surface area contributed by atoms with Crippen molar-refractivity contribution in [1.82, 2.24) is 0 Å². The van der Waals surface area contributed by atoms with Crippen LogP contribution in [0.2, 0.25) is 0 Å².